The second-order valence-electron chi connectivity index (χ2n) is 3.71. The summed E-state index contributed by atoms with van der Waals surface area (Å²) in [6.45, 7) is 0.418. The molecular weight excluding hydrogens is 296 g/mol. The van der Waals surface area contributed by atoms with Crippen LogP contribution in [0.2, 0.25) is 0 Å². The van der Waals surface area contributed by atoms with Crippen molar-refractivity contribution in [2.24, 2.45) is 0 Å². The van der Waals surface area contributed by atoms with Crippen LogP contribution in [0.4, 0.5) is 0 Å². The molecule has 94 valence electrons. The number of aliphatic hydroxyl groups is 1. The summed E-state index contributed by atoms with van der Waals surface area (Å²) < 4.78 is 6.52. The van der Waals surface area contributed by atoms with Crippen LogP contribution in [-0.2, 0) is 0 Å². The standard InChI is InChI=1S/C13H13BrN2O2/c14-10-2-4-11(5-3-10)18-9-6-12(17)13-15-7-1-8-16-13/h1-5,7-8,12,17H,6,9H2. The minimum atomic E-state index is -0.693. The molecule has 1 heterocycles. The number of halogens is 1. The lowest BCUT2D eigenvalue weighted by atomic mass is 10.2. The van der Waals surface area contributed by atoms with Crippen LogP contribution in [0, 0.1) is 0 Å². The molecule has 0 aliphatic heterocycles. The summed E-state index contributed by atoms with van der Waals surface area (Å²) in [6.07, 6.45) is 2.99. The van der Waals surface area contributed by atoms with Crippen molar-refractivity contribution in [3.8, 4) is 5.75 Å². The fourth-order valence-corrected chi connectivity index (χ4v) is 1.70. The smallest absolute Gasteiger partial charge is 0.156 e. The first kappa shape index (κ1) is 13.0. The molecule has 1 aromatic heterocycles. The molecule has 0 aliphatic carbocycles. The van der Waals surface area contributed by atoms with Gasteiger partial charge in [0.1, 0.15) is 11.9 Å². The minimum absolute atomic E-state index is 0.418. The predicted octanol–water partition coefficient (Wildman–Crippen LogP) is 2.74. The van der Waals surface area contributed by atoms with Gasteiger partial charge in [-0.05, 0) is 30.3 Å². The summed E-state index contributed by atoms with van der Waals surface area (Å²) in [4.78, 5) is 7.99. The van der Waals surface area contributed by atoms with Gasteiger partial charge in [-0.15, -0.1) is 0 Å². The normalized spacial score (nSPS) is 12.1. The van der Waals surface area contributed by atoms with Gasteiger partial charge in [0.25, 0.3) is 0 Å². The van der Waals surface area contributed by atoms with Crippen LogP contribution < -0.4 is 4.74 Å². The average molecular weight is 309 g/mol. The number of nitrogens with zero attached hydrogens (tertiary/aromatic N) is 2. The van der Waals surface area contributed by atoms with Gasteiger partial charge in [-0.25, -0.2) is 9.97 Å². The van der Waals surface area contributed by atoms with Crippen molar-refractivity contribution in [2.45, 2.75) is 12.5 Å². The number of aliphatic hydroxyl groups excluding tert-OH is 1. The lowest BCUT2D eigenvalue weighted by molar-refractivity contribution is 0.132. The fourth-order valence-electron chi connectivity index (χ4n) is 1.43. The molecule has 2 aromatic rings. The number of aromatic nitrogens is 2. The minimum Gasteiger partial charge on any atom is -0.493 e. The molecule has 18 heavy (non-hydrogen) atoms. The summed E-state index contributed by atoms with van der Waals surface area (Å²) in [7, 11) is 0. The maximum atomic E-state index is 9.83. The lowest BCUT2D eigenvalue weighted by Gasteiger charge is -2.10. The molecule has 5 heteroatoms. The van der Waals surface area contributed by atoms with Gasteiger partial charge in [0.05, 0.1) is 6.61 Å². The van der Waals surface area contributed by atoms with E-state index in [0.717, 1.165) is 10.2 Å². The molecule has 0 fully saturated rings. The van der Waals surface area contributed by atoms with E-state index < -0.39 is 6.10 Å². The highest BCUT2D eigenvalue weighted by atomic mass is 79.9. The maximum absolute atomic E-state index is 9.83. The summed E-state index contributed by atoms with van der Waals surface area (Å²) in [6, 6.07) is 9.28. The molecule has 0 aliphatic rings. The van der Waals surface area contributed by atoms with Crippen molar-refractivity contribution in [1.29, 1.82) is 0 Å². The molecular formula is C13H13BrN2O2. The van der Waals surface area contributed by atoms with E-state index in [1.54, 1.807) is 18.5 Å². The first-order valence-electron chi connectivity index (χ1n) is 5.59. The molecule has 1 unspecified atom stereocenters. The monoisotopic (exact) mass is 308 g/mol. The third kappa shape index (κ3) is 3.78. The quantitative estimate of drug-likeness (QED) is 0.923. The van der Waals surface area contributed by atoms with Gasteiger partial charge in [-0.2, -0.15) is 0 Å². The van der Waals surface area contributed by atoms with Gasteiger partial charge in [0, 0.05) is 23.3 Å². The van der Waals surface area contributed by atoms with Crippen molar-refractivity contribution in [3.05, 3.63) is 53.0 Å². The Kier molecular flexibility index (Phi) is 4.66. The zero-order valence-electron chi connectivity index (χ0n) is 9.66. The zero-order valence-corrected chi connectivity index (χ0v) is 11.2. The van der Waals surface area contributed by atoms with Gasteiger partial charge in [-0.1, -0.05) is 15.9 Å². The number of rotatable bonds is 5. The fraction of sp³-hybridized carbons (Fsp3) is 0.231. The van der Waals surface area contributed by atoms with E-state index in [1.807, 2.05) is 24.3 Å². The van der Waals surface area contributed by atoms with E-state index in [-0.39, 0.29) is 0 Å². The molecule has 0 bridgehead atoms. The van der Waals surface area contributed by atoms with E-state index in [9.17, 15) is 5.11 Å². The van der Waals surface area contributed by atoms with E-state index in [4.69, 9.17) is 4.74 Å². The Labute approximate surface area is 114 Å². The molecule has 1 aromatic carbocycles. The third-order valence-corrected chi connectivity index (χ3v) is 2.89. The molecule has 1 N–H and O–H groups in total. The number of ether oxygens (including phenoxy) is 1. The second-order valence-corrected chi connectivity index (χ2v) is 4.63. The zero-order chi connectivity index (χ0) is 12.8. The Morgan fingerprint density at radius 2 is 1.83 bits per heavy atom. The Balaban J connectivity index is 1.80. The van der Waals surface area contributed by atoms with Crippen molar-refractivity contribution in [3.63, 3.8) is 0 Å². The van der Waals surface area contributed by atoms with E-state index in [1.165, 1.54) is 0 Å². The van der Waals surface area contributed by atoms with Gasteiger partial charge in [0.15, 0.2) is 5.82 Å². The number of hydrogen-bond acceptors (Lipinski definition) is 4. The highest BCUT2D eigenvalue weighted by Gasteiger charge is 2.09. The number of benzene rings is 1. The van der Waals surface area contributed by atoms with Crippen LogP contribution in [-0.4, -0.2) is 21.7 Å². The predicted molar refractivity (Wildman–Crippen MR) is 71.2 cm³/mol. The van der Waals surface area contributed by atoms with Gasteiger partial charge in [0.2, 0.25) is 0 Å². The van der Waals surface area contributed by atoms with E-state index >= 15 is 0 Å². The molecule has 2 rings (SSSR count). The Morgan fingerprint density at radius 3 is 2.50 bits per heavy atom. The summed E-state index contributed by atoms with van der Waals surface area (Å²) in [5.41, 5.74) is 0. The third-order valence-electron chi connectivity index (χ3n) is 2.36. The molecule has 0 amide bonds. The van der Waals surface area contributed by atoms with Crippen molar-refractivity contribution >= 4 is 15.9 Å². The first-order chi connectivity index (χ1) is 8.75. The summed E-state index contributed by atoms with van der Waals surface area (Å²) in [5.74, 6) is 1.20. The largest absolute Gasteiger partial charge is 0.493 e. The van der Waals surface area contributed by atoms with Gasteiger partial charge >= 0.3 is 0 Å². The Bertz CT molecular complexity index is 476. The first-order valence-corrected chi connectivity index (χ1v) is 6.38. The highest BCUT2D eigenvalue weighted by molar-refractivity contribution is 9.10. The SMILES string of the molecule is OC(CCOc1ccc(Br)cc1)c1ncccn1. The van der Waals surface area contributed by atoms with Crippen LogP contribution in [0.15, 0.2) is 47.2 Å². The topological polar surface area (TPSA) is 55.2 Å². The van der Waals surface area contributed by atoms with E-state index in [0.29, 0.717) is 18.9 Å². The van der Waals surface area contributed by atoms with E-state index in [2.05, 4.69) is 25.9 Å². The maximum Gasteiger partial charge on any atom is 0.156 e. The molecule has 0 saturated carbocycles. The molecule has 1 atom stereocenters. The van der Waals surface area contributed by atoms with Crippen LogP contribution in [0.5, 0.6) is 5.75 Å². The molecule has 0 saturated heterocycles. The lowest BCUT2D eigenvalue weighted by Crippen LogP contribution is -2.08. The number of hydrogen-bond donors (Lipinski definition) is 1. The Morgan fingerprint density at radius 1 is 1.17 bits per heavy atom. The van der Waals surface area contributed by atoms with Crippen LogP contribution >= 0.6 is 15.9 Å². The van der Waals surface area contributed by atoms with Crippen molar-refractivity contribution in [1.82, 2.24) is 9.97 Å². The molecule has 0 spiro atoms. The van der Waals surface area contributed by atoms with Crippen LogP contribution in [0.1, 0.15) is 18.3 Å². The summed E-state index contributed by atoms with van der Waals surface area (Å²) in [5, 5.41) is 9.83. The van der Waals surface area contributed by atoms with Gasteiger partial charge < -0.3 is 9.84 Å². The Hall–Kier alpha value is -1.46. The molecule has 4 nitrogen and oxygen atoms in total. The summed E-state index contributed by atoms with van der Waals surface area (Å²) >= 11 is 3.36. The second kappa shape index (κ2) is 6.47. The van der Waals surface area contributed by atoms with Crippen molar-refractivity contribution in [2.75, 3.05) is 6.61 Å². The molecule has 0 radical (unpaired) electrons. The van der Waals surface area contributed by atoms with Crippen LogP contribution in [0.25, 0.3) is 0 Å². The van der Waals surface area contributed by atoms with Crippen molar-refractivity contribution < 1.29 is 9.84 Å². The average Bonchev–Trinajstić information content (AvgIpc) is 2.42. The highest BCUT2D eigenvalue weighted by Crippen LogP contribution is 2.17. The van der Waals surface area contributed by atoms with Gasteiger partial charge in [-0.3, -0.25) is 0 Å². The van der Waals surface area contributed by atoms with Crippen LogP contribution in [0.3, 0.4) is 0 Å².